The van der Waals surface area contributed by atoms with Crippen molar-refractivity contribution < 1.29 is 4.74 Å². The maximum atomic E-state index is 5.81. The first kappa shape index (κ1) is 13.3. The van der Waals surface area contributed by atoms with Gasteiger partial charge < -0.3 is 15.8 Å². The van der Waals surface area contributed by atoms with E-state index in [9.17, 15) is 0 Å². The first-order valence-corrected chi connectivity index (χ1v) is 6.30. The molecule has 2 aromatic rings. The van der Waals surface area contributed by atoms with Gasteiger partial charge in [0.05, 0.1) is 25.0 Å². The Bertz CT molecular complexity index is 504. The monoisotopic (exact) mass is 258 g/mol. The molecule has 0 saturated carbocycles. The fraction of sp³-hybridized carbons (Fsp3) is 0.286. The van der Waals surface area contributed by atoms with Crippen molar-refractivity contribution in [3.8, 4) is 5.88 Å². The molecule has 5 heteroatoms. The molecule has 1 aromatic carbocycles. The molecule has 3 N–H and O–H groups in total. The summed E-state index contributed by atoms with van der Waals surface area (Å²) >= 11 is 0. The predicted molar refractivity (Wildman–Crippen MR) is 75.1 cm³/mol. The maximum absolute atomic E-state index is 5.81. The molecule has 1 heterocycles. The first-order chi connectivity index (χ1) is 9.33. The highest BCUT2D eigenvalue weighted by atomic mass is 16.5. The quantitative estimate of drug-likeness (QED) is 0.829. The lowest BCUT2D eigenvalue weighted by atomic mass is 10.1. The van der Waals surface area contributed by atoms with E-state index >= 15 is 0 Å². The third-order valence-corrected chi connectivity index (χ3v) is 2.66. The number of hydrogen-bond donors (Lipinski definition) is 2. The Balaban J connectivity index is 2.12. The summed E-state index contributed by atoms with van der Waals surface area (Å²) in [4.78, 5) is 8.42. The standard InChI is InChI=1S/C14H18N4O/c1-2-19-14-10-16-9-13(18-14)17-12(8-15)11-6-4-3-5-7-11/h3-7,9-10,12H,2,8,15H2,1H3,(H,17,18). The van der Waals surface area contributed by atoms with Gasteiger partial charge in [0.15, 0.2) is 0 Å². The van der Waals surface area contributed by atoms with Gasteiger partial charge >= 0.3 is 0 Å². The molecule has 100 valence electrons. The van der Waals surface area contributed by atoms with Crippen molar-refractivity contribution in [3.63, 3.8) is 0 Å². The van der Waals surface area contributed by atoms with Crippen molar-refractivity contribution in [1.82, 2.24) is 9.97 Å². The molecule has 1 atom stereocenters. The molecule has 1 unspecified atom stereocenters. The minimum Gasteiger partial charge on any atom is -0.477 e. The average Bonchev–Trinajstić information content (AvgIpc) is 2.46. The molecule has 0 fully saturated rings. The zero-order valence-electron chi connectivity index (χ0n) is 10.9. The molecule has 19 heavy (non-hydrogen) atoms. The van der Waals surface area contributed by atoms with Gasteiger partial charge in [-0.2, -0.15) is 4.98 Å². The summed E-state index contributed by atoms with van der Waals surface area (Å²) in [7, 11) is 0. The van der Waals surface area contributed by atoms with Gasteiger partial charge in [-0.05, 0) is 12.5 Å². The van der Waals surface area contributed by atoms with Crippen LogP contribution in [0.4, 0.5) is 5.82 Å². The normalized spacial score (nSPS) is 11.9. The van der Waals surface area contributed by atoms with E-state index in [1.807, 2.05) is 37.3 Å². The number of hydrogen-bond acceptors (Lipinski definition) is 5. The molecule has 5 nitrogen and oxygen atoms in total. The molecular weight excluding hydrogens is 240 g/mol. The number of nitrogens with one attached hydrogen (secondary N) is 1. The molecule has 0 bridgehead atoms. The van der Waals surface area contributed by atoms with Gasteiger partial charge in [0.1, 0.15) is 5.82 Å². The topological polar surface area (TPSA) is 73.1 Å². The maximum Gasteiger partial charge on any atom is 0.234 e. The Morgan fingerprint density at radius 3 is 2.74 bits per heavy atom. The molecular formula is C14H18N4O. The summed E-state index contributed by atoms with van der Waals surface area (Å²) in [5, 5.41) is 3.27. The van der Waals surface area contributed by atoms with Gasteiger partial charge in [-0.15, -0.1) is 0 Å². The zero-order valence-corrected chi connectivity index (χ0v) is 10.9. The van der Waals surface area contributed by atoms with Crippen LogP contribution in [0.15, 0.2) is 42.7 Å². The highest BCUT2D eigenvalue weighted by Gasteiger charge is 2.10. The van der Waals surface area contributed by atoms with Crippen LogP contribution in [0.1, 0.15) is 18.5 Å². The molecule has 0 saturated heterocycles. The largest absolute Gasteiger partial charge is 0.477 e. The van der Waals surface area contributed by atoms with E-state index in [0.717, 1.165) is 5.56 Å². The summed E-state index contributed by atoms with van der Waals surface area (Å²) < 4.78 is 5.32. The van der Waals surface area contributed by atoms with E-state index in [1.165, 1.54) is 0 Å². The number of aromatic nitrogens is 2. The summed E-state index contributed by atoms with van der Waals surface area (Å²) in [6.07, 6.45) is 3.25. The molecule has 0 aliphatic rings. The van der Waals surface area contributed by atoms with Crippen LogP contribution >= 0.6 is 0 Å². The molecule has 2 rings (SSSR count). The molecule has 0 aliphatic heterocycles. The van der Waals surface area contributed by atoms with Gasteiger partial charge in [0.2, 0.25) is 5.88 Å². The third-order valence-electron chi connectivity index (χ3n) is 2.66. The SMILES string of the molecule is CCOc1cncc(NC(CN)c2ccccc2)n1. The lowest BCUT2D eigenvalue weighted by molar-refractivity contribution is 0.325. The van der Waals surface area contributed by atoms with Crippen LogP contribution in [-0.4, -0.2) is 23.1 Å². The number of anilines is 1. The number of nitrogens with zero attached hydrogens (tertiary/aromatic N) is 2. The van der Waals surface area contributed by atoms with Crippen LogP contribution in [-0.2, 0) is 0 Å². The van der Waals surface area contributed by atoms with Crippen LogP contribution in [0, 0.1) is 0 Å². The molecule has 0 radical (unpaired) electrons. The van der Waals surface area contributed by atoms with E-state index in [4.69, 9.17) is 10.5 Å². The minimum atomic E-state index is 0.00683. The van der Waals surface area contributed by atoms with E-state index in [0.29, 0.717) is 24.8 Å². The van der Waals surface area contributed by atoms with E-state index in [1.54, 1.807) is 12.4 Å². The van der Waals surface area contributed by atoms with Crippen molar-refractivity contribution in [1.29, 1.82) is 0 Å². The molecule has 0 aliphatic carbocycles. The highest BCUT2D eigenvalue weighted by molar-refractivity contribution is 5.38. The predicted octanol–water partition coefficient (Wildman–Crippen LogP) is 1.99. The molecule has 0 amide bonds. The summed E-state index contributed by atoms with van der Waals surface area (Å²) in [5.41, 5.74) is 6.93. The first-order valence-electron chi connectivity index (χ1n) is 6.30. The van der Waals surface area contributed by atoms with E-state index < -0.39 is 0 Å². The summed E-state index contributed by atoms with van der Waals surface area (Å²) in [5.74, 6) is 1.17. The summed E-state index contributed by atoms with van der Waals surface area (Å²) in [6.45, 7) is 2.95. The van der Waals surface area contributed by atoms with Crippen molar-refractivity contribution in [2.45, 2.75) is 13.0 Å². The fourth-order valence-corrected chi connectivity index (χ4v) is 1.78. The Morgan fingerprint density at radius 2 is 2.05 bits per heavy atom. The summed E-state index contributed by atoms with van der Waals surface area (Å²) in [6, 6.07) is 10.0. The lowest BCUT2D eigenvalue weighted by Gasteiger charge is -2.17. The number of benzene rings is 1. The van der Waals surface area contributed by atoms with Gasteiger partial charge in [-0.1, -0.05) is 30.3 Å². The smallest absolute Gasteiger partial charge is 0.234 e. The van der Waals surface area contributed by atoms with Crippen LogP contribution in [0.25, 0.3) is 0 Å². The third kappa shape index (κ3) is 3.66. The second-order valence-corrected chi connectivity index (χ2v) is 4.02. The highest BCUT2D eigenvalue weighted by Crippen LogP contribution is 2.18. The van der Waals surface area contributed by atoms with Crippen molar-refractivity contribution in [2.75, 3.05) is 18.5 Å². The van der Waals surface area contributed by atoms with E-state index in [2.05, 4.69) is 15.3 Å². The van der Waals surface area contributed by atoms with Crippen molar-refractivity contribution >= 4 is 5.82 Å². The Hall–Kier alpha value is -2.14. The second-order valence-electron chi connectivity index (χ2n) is 4.02. The van der Waals surface area contributed by atoms with Crippen LogP contribution in [0.5, 0.6) is 5.88 Å². The zero-order chi connectivity index (χ0) is 13.5. The van der Waals surface area contributed by atoms with Crippen molar-refractivity contribution in [2.24, 2.45) is 5.73 Å². The van der Waals surface area contributed by atoms with Gasteiger partial charge in [-0.3, -0.25) is 4.98 Å². The molecule has 0 spiro atoms. The van der Waals surface area contributed by atoms with Crippen LogP contribution in [0.3, 0.4) is 0 Å². The lowest BCUT2D eigenvalue weighted by Crippen LogP contribution is -2.21. The van der Waals surface area contributed by atoms with Gasteiger partial charge in [0.25, 0.3) is 0 Å². The van der Waals surface area contributed by atoms with Crippen LogP contribution < -0.4 is 15.8 Å². The number of ether oxygens (including phenoxy) is 1. The Morgan fingerprint density at radius 1 is 1.26 bits per heavy atom. The fourth-order valence-electron chi connectivity index (χ4n) is 1.78. The number of rotatable bonds is 6. The second kappa shape index (κ2) is 6.70. The van der Waals surface area contributed by atoms with E-state index in [-0.39, 0.29) is 6.04 Å². The van der Waals surface area contributed by atoms with Gasteiger partial charge in [0, 0.05) is 6.54 Å². The Kier molecular flexibility index (Phi) is 4.69. The number of nitrogens with two attached hydrogens (primary N) is 1. The average molecular weight is 258 g/mol. The van der Waals surface area contributed by atoms with Gasteiger partial charge in [-0.25, -0.2) is 0 Å². The Labute approximate surface area is 112 Å². The van der Waals surface area contributed by atoms with Crippen molar-refractivity contribution in [3.05, 3.63) is 48.3 Å². The molecule has 1 aromatic heterocycles. The van der Waals surface area contributed by atoms with Crippen LogP contribution in [0.2, 0.25) is 0 Å². The minimum absolute atomic E-state index is 0.00683.